The van der Waals surface area contributed by atoms with Crippen LogP contribution < -0.4 is 5.84 Å². The molecular weight excluding hydrogens is 176 g/mol. The molecule has 1 aromatic heterocycles. The van der Waals surface area contributed by atoms with Crippen molar-refractivity contribution in [2.75, 3.05) is 0 Å². The van der Waals surface area contributed by atoms with E-state index < -0.39 is 0 Å². The largest absolute Gasteiger partial charge is 0.323 e. The lowest BCUT2D eigenvalue weighted by molar-refractivity contribution is 0.757. The Morgan fingerprint density at radius 3 is 2.58 bits per heavy atom. The smallest absolute Gasteiger partial charge is 0.136 e. The van der Waals surface area contributed by atoms with Crippen LogP contribution in [0.5, 0.6) is 0 Å². The van der Waals surface area contributed by atoms with Crippen LogP contribution in [0.3, 0.4) is 0 Å². The number of hydrogen-bond donors (Lipinski definition) is 1. The maximum absolute atomic E-state index is 5.95. The second-order valence-corrected chi connectivity index (χ2v) is 2.95. The number of hydrazone groups is 1. The minimum atomic E-state index is 0.569. The fraction of sp³-hybridized carbons (Fsp3) is 0.429. The van der Waals surface area contributed by atoms with Crippen LogP contribution in [-0.4, -0.2) is 15.5 Å². The highest BCUT2D eigenvalue weighted by Gasteiger charge is 2.13. The van der Waals surface area contributed by atoms with E-state index in [0.29, 0.717) is 10.9 Å². The summed E-state index contributed by atoms with van der Waals surface area (Å²) in [6.45, 7) is 3.67. The summed E-state index contributed by atoms with van der Waals surface area (Å²) >= 11 is 5.95. The summed E-state index contributed by atoms with van der Waals surface area (Å²) in [7, 11) is 1.78. The van der Waals surface area contributed by atoms with Crippen LogP contribution in [0.15, 0.2) is 5.10 Å². The first kappa shape index (κ1) is 9.06. The van der Waals surface area contributed by atoms with E-state index in [2.05, 4.69) is 10.2 Å². The van der Waals surface area contributed by atoms with E-state index in [0.717, 1.165) is 11.3 Å². The van der Waals surface area contributed by atoms with Gasteiger partial charge in [0.1, 0.15) is 5.15 Å². The first-order valence-electron chi connectivity index (χ1n) is 3.52. The topological polar surface area (TPSA) is 56.2 Å². The van der Waals surface area contributed by atoms with Crippen molar-refractivity contribution in [3.05, 3.63) is 16.4 Å². The molecule has 0 aromatic carbocycles. The molecule has 5 heteroatoms. The fourth-order valence-corrected chi connectivity index (χ4v) is 1.42. The van der Waals surface area contributed by atoms with Crippen molar-refractivity contribution < 1.29 is 0 Å². The SMILES string of the molecule is C/C(=N\N)c1c(C)nn(C)c1Cl. The predicted molar refractivity (Wildman–Crippen MR) is 49.4 cm³/mol. The van der Waals surface area contributed by atoms with Crippen molar-refractivity contribution in [1.82, 2.24) is 9.78 Å². The van der Waals surface area contributed by atoms with Crippen LogP contribution in [-0.2, 0) is 7.05 Å². The summed E-state index contributed by atoms with van der Waals surface area (Å²) in [6.07, 6.45) is 0. The predicted octanol–water partition coefficient (Wildman–Crippen LogP) is 1.06. The van der Waals surface area contributed by atoms with E-state index in [9.17, 15) is 0 Å². The second-order valence-electron chi connectivity index (χ2n) is 2.59. The van der Waals surface area contributed by atoms with Crippen molar-refractivity contribution in [3.63, 3.8) is 0 Å². The maximum atomic E-state index is 5.95. The number of hydrogen-bond acceptors (Lipinski definition) is 3. The molecule has 0 fully saturated rings. The lowest BCUT2D eigenvalue weighted by Gasteiger charge is -1.96. The van der Waals surface area contributed by atoms with Gasteiger partial charge in [-0.3, -0.25) is 4.68 Å². The molecule has 66 valence electrons. The molecule has 0 amide bonds. The van der Waals surface area contributed by atoms with E-state index in [1.54, 1.807) is 18.7 Å². The van der Waals surface area contributed by atoms with Gasteiger partial charge < -0.3 is 5.84 Å². The zero-order valence-electron chi connectivity index (χ0n) is 7.30. The second kappa shape index (κ2) is 3.15. The zero-order chi connectivity index (χ0) is 9.30. The Hall–Kier alpha value is -1.03. The summed E-state index contributed by atoms with van der Waals surface area (Å²) in [5, 5.41) is 8.27. The number of aromatic nitrogens is 2. The van der Waals surface area contributed by atoms with E-state index in [1.807, 2.05) is 6.92 Å². The molecule has 0 aliphatic heterocycles. The van der Waals surface area contributed by atoms with Crippen LogP contribution in [0.2, 0.25) is 5.15 Å². The number of nitrogens with two attached hydrogens (primary N) is 1. The van der Waals surface area contributed by atoms with E-state index in [1.165, 1.54) is 0 Å². The third-order valence-electron chi connectivity index (χ3n) is 1.71. The van der Waals surface area contributed by atoms with Crippen LogP contribution in [0.25, 0.3) is 0 Å². The monoisotopic (exact) mass is 186 g/mol. The van der Waals surface area contributed by atoms with Crippen molar-refractivity contribution >= 4 is 17.3 Å². The Labute approximate surface area is 76.0 Å². The Morgan fingerprint density at radius 1 is 1.67 bits per heavy atom. The minimum Gasteiger partial charge on any atom is -0.323 e. The number of rotatable bonds is 1. The molecule has 0 aliphatic rings. The molecule has 0 radical (unpaired) electrons. The van der Waals surface area contributed by atoms with Crippen LogP contribution in [0.4, 0.5) is 0 Å². The molecule has 0 atom stereocenters. The number of aryl methyl sites for hydroxylation is 2. The van der Waals surface area contributed by atoms with Crippen LogP contribution >= 0.6 is 11.6 Å². The summed E-state index contributed by atoms with van der Waals surface area (Å²) in [4.78, 5) is 0. The van der Waals surface area contributed by atoms with Crippen molar-refractivity contribution in [1.29, 1.82) is 0 Å². The zero-order valence-corrected chi connectivity index (χ0v) is 8.05. The molecule has 0 saturated carbocycles. The average molecular weight is 187 g/mol. The van der Waals surface area contributed by atoms with Gasteiger partial charge in [0, 0.05) is 7.05 Å². The number of halogens is 1. The van der Waals surface area contributed by atoms with Crippen LogP contribution in [0.1, 0.15) is 18.2 Å². The molecular formula is C7H11ClN4. The summed E-state index contributed by atoms with van der Waals surface area (Å²) < 4.78 is 1.60. The Morgan fingerprint density at radius 2 is 2.25 bits per heavy atom. The third kappa shape index (κ3) is 1.30. The Balaban J connectivity index is 3.32. The van der Waals surface area contributed by atoms with Gasteiger partial charge in [-0.2, -0.15) is 10.2 Å². The molecule has 0 unspecified atom stereocenters. The fourth-order valence-electron chi connectivity index (χ4n) is 1.11. The number of nitrogens with zero attached hydrogens (tertiary/aromatic N) is 3. The minimum absolute atomic E-state index is 0.569. The molecule has 0 aliphatic carbocycles. The summed E-state index contributed by atoms with van der Waals surface area (Å²) in [5.41, 5.74) is 2.36. The lowest BCUT2D eigenvalue weighted by Crippen LogP contribution is -2.00. The molecule has 1 rings (SSSR count). The Bertz CT molecular complexity index is 326. The first-order chi connectivity index (χ1) is 5.57. The standard InChI is InChI=1S/C7H11ClN4/c1-4(10-9)6-5(2)11-12(3)7(6)8/h9H2,1-3H3/b10-4+. The van der Waals surface area contributed by atoms with Crippen molar-refractivity contribution in [3.8, 4) is 0 Å². The average Bonchev–Trinajstić information content (AvgIpc) is 2.26. The highest BCUT2D eigenvalue weighted by atomic mass is 35.5. The van der Waals surface area contributed by atoms with Gasteiger partial charge in [-0.25, -0.2) is 0 Å². The molecule has 1 heterocycles. The van der Waals surface area contributed by atoms with Gasteiger partial charge in [0.15, 0.2) is 0 Å². The first-order valence-corrected chi connectivity index (χ1v) is 3.89. The van der Waals surface area contributed by atoms with E-state index in [-0.39, 0.29) is 0 Å². The summed E-state index contributed by atoms with van der Waals surface area (Å²) in [6, 6.07) is 0. The van der Waals surface area contributed by atoms with Gasteiger partial charge in [0.05, 0.1) is 17.0 Å². The third-order valence-corrected chi connectivity index (χ3v) is 2.14. The molecule has 12 heavy (non-hydrogen) atoms. The Kier molecular flexibility index (Phi) is 2.38. The lowest BCUT2D eigenvalue weighted by atomic mass is 10.2. The molecule has 4 nitrogen and oxygen atoms in total. The normalized spacial score (nSPS) is 12.2. The van der Waals surface area contributed by atoms with Gasteiger partial charge in [-0.1, -0.05) is 11.6 Å². The molecule has 2 N–H and O–H groups in total. The van der Waals surface area contributed by atoms with E-state index in [4.69, 9.17) is 17.4 Å². The maximum Gasteiger partial charge on any atom is 0.136 e. The highest BCUT2D eigenvalue weighted by molar-refractivity contribution is 6.33. The van der Waals surface area contributed by atoms with Crippen molar-refractivity contribution in [2.24, 2.45) is 18.0 Å². The summed E-state index contributed by atoms with van der Waals surface area (Å²) in [5.74, 6) is 5.14. The van der Waals surface area contributed by atoms with Gasteiger partial charge >= 0.3 is 0 Å². The van der Waals surface area contributed by atoms with Gasteiger partial charge in [0.2, 0.25) is 0 Å². The van der Waals surface area contributed by atoms with Gasteiger partial charge in [-0.15, -0.1) is 0 Å². The van der Waals surface area contributed by atoms with Gasteiger partial charge in [0.25, 0.3) is 0 Å². The van der Waals surface area contributed by atoms with Crippen molar-refractivity contribution in [2.45, 2.75) is 13.8 Å². The van der Waals surface area contributed by atoms with E-state index >= 15 is 0 Å². The molecule has 0 spiro atoms. The highest BCUT2D eigenvalue weighted by Crippen LogP contribution is 2.18. The quantitative estimate of drug-likeness (QED) is 0.405. The van der Waals surface area contributed by atoms with Gasteiger partial charge in [-0.05, 0) is 13.8 Å². The van der Waals surface area contributed by atoms with Crippen LogP contribution in [0, 0.1) is 6.92 Å². The molecule has 1 aromatic rings. The molecule has 0 bridgehead atoms. The molecule has 0 saturated heterocycles.